The fourth-order valence-electron chi connectivity index (χ4n) is 2.33. The summed E-state index contributed by atoms with van der Waals surface area (Å²) in [6, 6.07) is 9.15. The van der Waals surface area contributed by atoms with Crippen LogP contribution in [0.25, 0.3) is 0 Å². The van der Waals surface area contributed by atoms with Gasteiger partial charge in [0.2, 0.25) is 0 Å². The first kappa shape index (κ1) is 23.1. The van der Waals surface area contributed by atoms with Crippen LogP contribution in [0.15, 0.2) is 42.5 Å². The standard InChI is InChI=1S/C19H18N2O10/c1-13-12-14(18(22)28-10-2-3-11-29-21(26)27)4-9-17(13)31-19(23)30-16-7-5-15(6-8-16)20(24)25/h4-9,12H,2-3,10-11H2,1H3. The molecule has 0 saturated heterocycles. The van der Waals surface area contributed by atoms with Gasteiger partial charge in [-0.3, -0.25) is 10.1 Å². The second kappa shape index (κ2) is 11.1. The molecule has 0 aliphatic carbocycles. The zero-order chi connectivity index (χ0) is 22.8. The van der Waals surface area contributed by atoms with E-state index in [2.05, 4.69) is 4.84 Å². The van der Waals surface area contributed by atoms with Gasteiger partial charge in [-0.15, -0.1) is 10.1 Å². The van der Waals surface area contributed by atoms with Gasteiger partial charge in [0.05, 0.1) is 23.7 Å². The van der Waals surface area contributed by atoms with Crippen molar-refractivity contribution >= 4 is 17.8 Å². The summed E-state index contributed by atoms with van der Waals surface area (Å²) in [6.45, 7) is 1.60. The van der Waals surface area contributed by atoms with E-state index in [9.17, 15) is 29.8 Å². The van der Waals surface area contributed by atoms with Crippen molar-refractivity contribution in [1.29, 1.82) is 0 Å². The highest BCUT2D eigenvalue weighted by atomic mass is 16.9. The molecule has 2 aromatic carbocycles. The average Bonchev–Trinajstić information content (AvgIpc) is 2.72. The number of carbonyl (C=O) groups excluding carboxylic acids is 2. The molecule has 0 N–H and O–H groups in total. The Morgan fingerprint density at radius 1 is 0.935 bits per heavy atom. The highest BCUT2D eigenvalue weighted by Crippen LogP contribution is 2.22. The first-order valence-electron chi connectivity index (χ1n) is 8.95. The number of nitro benzene ring substituents is 1. The van der Waals surface area contributed by atoms with Crippen LogP contribution in [-0.4, -0.2) is 35.3 Å². The fraction of sp³-hybridized carbons (Fsp3) is 0.263. The van der Waals surface area contributed by atoms with Crippen LogP contribution in [0.4, 0.5) is 10.5 Å². The van der Waals surface area contributed by atoms with Gasteiger partial charge >= 0.3 is 12.1 Å². The van der Waals surface area contributed by atoms with Gasteiger partial charge in [-0.05, 0) is 55.7 Å². The first-order valence-corrected chi connectivity index (χ1v) is 8.95. The second-order valence-electron chi connectivity index (χ2n) is 6.09. The predicted octanol–water partition coefficient (Wildman–Crippen LogP) is 3.63. The third-order valence-electron chi connectivity index (χ3n) is 3.82. The van der Waals surface area contributed by atoms with E-state index in [0.717, 1.165) is 0 Å². The lowest BCUT2D eigenvalue weighted by Gasteiger charge is -2.10. The Morgan fingerprint density at radius 2 is 1.61 bits per heavy atom. The van der Waals surface area contributed by atoms with Crippen molar-refractivity contribution < 1.29 is 38.6 Å². The van der Waals surface area contributed by atoms with Crippen molar-refractivity contribution in [2.75, 3.05) is 13.2 Å². The van der Waals surface area contributed by atoms with Crippen molar-refractivity contribution in [1.82, 2.24) is 0 Å². The molecule has 0 atom stereocenters. The normalized spacial score (nSPS) is 10.1. The number of rotatable bonds is 10. The minimum atomic E-state index is -1.05. The molecule has 12 nitrogen and oxygen atoms in total. The summed E-state index contributed by atoms with van der Waals surface area (Å²) >= 11 is 0. The van der Waals surface area contributed by atoms with Crippen LogP contribution in [0.3, 0.4) is 0 Å². The number of nitro groups is 1. The van der Waals surface area contributed by atoms with Crippen LogP contribution in [0.2, 0.25) is 0 Å². The second-order valence-corrected chi connectivity index (χ2v) is 6.09. The number of ether oxygens (including phenoxy) is 3. The monoisotopic (exact) mass is 434 g/mol. The van der Waals surface area contributed by atoms with E-state index in [1.807, 2.05) is 0 Å². The molecule has 0 fully saturated rings. The summed E-state index contributed by atoms with van der Waals surface area (Å²) in [7, 11) is 0. The number of carbonyl (C=O) groups is 2. The molecular formula is C19H18N2O10. The van der Waals surface area contributed by atoms with E-state index >= 15 is 0 Å². The van der Waals surface area contributed by atoms with Gasteiger partial charge in [-0.1, -0.05) is 0 Å². The lowest BCUT2D eigenvalue weighted by molar-refractivity contribution is -0.757. The fourth-order valence-corrected chi connectivity index (χ4v) is 2.33. The minimum Gasteiger partial charge on any atom is -0.462 e. The Balaban J connectivity index is 1.84. The maximum Gasteiger partial charge on any atom is 0.519 e. The molecule has 12 heteroatoms. The molecule has 0 spiro atoms. The molecule has 0 aliphatic heterocycles. The minimum absolute atomic E-state index is 0.0667. The lowest BCUT2D eigenvalue weighted by atomic mass is 10.1. The Bertz CT molecular complexity index is 959. The maximum absolute atomic E-state index is 12.0. The van der Waals surface area contributed by atoms with Gasteiger partial charge in [-0.25, -0.2) is 9.59 Å². The average molecular weight is 434 g/mol. The van der Waals surface area contributed by atoms with E-state index in [4.69, 9.17) is 14.2 Å². The van der Waals surface area contributed by atoms with Gasteiger partial charge in [-0.2, -0.15) is 0 Å². The summed E-state index contributed by atoms with van der Waals surface area (Å²) in [5, 5.41) is 19.7. The molecule has 0 heterocycles. The molecule has 164 valence electrons. The van der Waals surface area contributed by atoms with Crippen molar-refractivity contribution in [3.63, 3.8) is 0 Å². The van der Waals surface area contributed by atoms with E-state index in [1.54, 1.807) is 6.92 Å². The topological polar surface area (TPSA) is 157 Å². The Morgan fingerprint density at radius 3 is 2.23 bits per heavy atom. The number of nitrogens with zero attached hydrogens (tertiary/aromatic N) is 2. The largest absolute Gasteiger partial charge is 0.519 e. The molecule has 0 unspecified atom stereocenters. The predicted molar refractivity (Wildman–Crippen MR) is 103 cm³/mol. The van der Waals surface area contributed by atoms with Crippen LogP contribution in [0, 0.1) is 27.2 Å². The number of non-ortho nitro benzene ring substituents is 1. The Labute approximate surface area is 175 Å². The molecule has 0 aliphatic rings. The third-order valence-corrected chi connectivity index (χ3v) is 3.82. The van der Waals surface area contributed by atoms with E-state index in [1.165, 1.54) is 42.5 Å². The quantitative estimate of drug-likeness (QED) is 0.178. The summed E-state index contributed by atoms with van der Waals surface area (Å²) in [4.78, 5) is 48.2. The van der Waals surface area contributed by atoms with Crippen molar-refractivity contribution in [2.45, 2.75) is 19.8 Å². The molecular weight excluding hydrogens is 416 g/mol. The van der Waals surface area contributed by atoms with E-state index in [0.29, 0.717) is 18.4 Å². The van der Waals surface area contributed by atoms with Crippen LogP contribution < -0.4 is 9.47 Å². The van der Waals surface area contributed by atoms with Crippen LogP contribution >= 0.6 is 0 Å². The summed E-state index contributed by atoms with van der Waals surface area (Å²) in [5.41, 5.74) is 0.550. The van der Waals surface area contributed by atoms with Gasteiger partial charge in [0.25, 0.3) is 10.8 Å². The van der Waals surface area contributed by atoms with Gasteiger partial charge in [0.15, 0.2) is 0 Å². The highest BCUT2D eigenvalue weighted by Gasteiger charge is 2.14. The van der Waals surface area contributed by atoms with Crippen molar-refractivity contribution in [2.24, 2.45) is 0 Å². The van der Waals surface area contributed by atoms with Gasteiger partial charge < -0.3 is 19.0 Å². The summed E-state index contributed by atoms with van der Waals surface area (Å²) < 4.78 is 15.1. The zero-order valence-corrected chi connectivity index (χ0v) is 16.3. The first-order chi connectivity index (χ1) is 14.8. The SMILES string of the molecule is Cc1cc(C(=O)OCCCCO[N+](=O)[O-])ccc1OC(=O)Oc1ccc([N+](=O)[O-])cc1. The van der Waals surface area contributed by atoms with Gasteiger partial charge in [0, 0.05) is 12.1 Å². The Kier molecular flexibility index (Phi) is 8.25. The molecule has 0 amide bonds. The molecule has 2 rings (SSSR count). The number of unbranched alkanes of at least 4 members (excludes halogenated alkanes) is 1. The Hall–Kier alpha value is -4.22. The molecule has 0 saturated carbocycles. The van der Waals surface area contributed by atoms with Crippen LogP contribution in [0.5, 0.6) is 11.5 Å². The molecule has 31 heavy (non-hydrogen) atoms. The van der Waals surface area contributed by atoms with E-state index < -0.39 is 22.1 Å². The molecule has 0 bridgehead atoms. The summed E-state index contributed by atoms with van der Waals surface area (Å²) in [6.07, 6.45) is -0.297. The van der Waals surface area contributed by atoms with Gasteiger partial charge in [0.1, 0.15) is 11.5 Å². The molecule has 0 aromatic heterocycles. The highest BCUT2D eigenvalue weighted by molar-refractivity contribution is 5.90. The molecule has 0 radical (unpaired) electrons. The lowest BCUT2D eigenvalue weighted by Crippen LogP contribution is -2.15. The van der Waals surface area contributed by atoms with Crippen molar-refractivity contribution in [3.05, 3.63) is 73.8 Å². The zero-order valence-electron chi connectivity index (χ0n) is 16.3. The number of esters is 1. The maximum atomic E-state index is 12.0. The number of hydrogen-bond donors (Lipinski definition) is 0. The smallest absolute Gasteiger partial charge is 0.462 e. The third kappa shape index (κ3) is 7.61. The number of hydrogen-bond acceptors (Lipinski definition) is 10. The van der Waals surface area contributed by atoms with Crippen LogP contribution in [0.1, 0.15) is 28.8 Å². The number of benzene rings is 2. The van der Waals surface area contributed by atoms with Crippen LogP contribution in [-0.2, 0) is 9.57 Å². The van der Waals surface area contributed by atoms with E-state index in [-0.39, 0.29) is 36.0 Å². The molecule has 2 aromatic rings. The van der Waals surface area contributed by atoms with Crippen molar-refractivity contribution in [3.8, 4) is 11.5 Å². The summed E-state index contributed by atoms with van der Waals surface area (Å²) in [5.74, 6) is -0.379. The number of aryl methyl sites for hydroxylation is 1.